The van der Waals surface area contributed by atoms with E-state index in [1.54, 1.807) is 23.1 Å². The zero-order valence-electron chi connectivity index (χ0n) is 10.9. The number of aliphatic hydroxyl groups excluding tert-OH is 2. The Hall–Kier alpha value is -2.18. The number of benzene rings is 1. The van der Waals surface area contributed by atoms with E-state index in [-0.39, 0.29) is 31.9 Å². The lowest BCUT2D eigenvalue weighted by Crippen LogP contribution is -2.31. The predicted octanol–water partition coefficient (Wildman–Crippen LogP) is 0.724. The van der Waals surface area contributed by atoms with Crippen LogP contribution in [0.5, 0.6) is 0 Å². The van der Waals surface area contributed by atoms with Crippen LogP contribution in [0.1, 0.15) is 10.4 Å². The Balaban J connectivity index is 2.67. The Morgan fingerprint density at radius 3 is 2.40 bits per heavy atom. The number of carbonyl (C=O) groups is 1. The first-order valence-electron chi connectivity index (χ1n) is 6.26. The molecule has 0 fully saturated rings. The van der Waals surface area contributed by atoms with Crippen molar-refractivity contribution in [3.63, 3.8) is 0 Å². The van der Waals surface area contributed by atoms with E-state index in [4.69, 9.17) is 10.2 Å². The van der Waals surface area contributed by atoms with Crippen LogP contribution in [0.25, 0.3) is 10.9 Å². The molecule has 3 N–H and O–H groups in total. The van der Waals surface area contributed by atoms with Gasteiger partial charge in [-0.3, -0.25) is 4.98 Å². The summed E-state index contributed by atoms with van der Waals surface area (Å²) in [6.07, 6.45) is 1.31. The third kappa shape index (κ3) is 2.71. The molecule has 0 radical (unpaired) electrons. The maximum atomic E-state index is 11.4. The van der Waals surface area contributed by atoms with E-state index in [1.807, 2.05) is 6.07 Å². The van der Waals surface area contributed by atoms with Crippen LogP contribution in [0.2, 0.25) is 0 Å². The van der Waals surface area contributed by atoms with Gasteiger partial charge >= 0.3 is 5.97 Å². The number of hydrogen-bond donors (Lipinski definition) is 3. The summed E-state index contributed by atoms with van der Waals surface area (Å²) < 4.78 is 0. The molecule has 6 nitrogen and oxygen atoms in total. The van der Waals surface area contributed by atoms with Gasteiger partial charge in [-0.15, -0.1) is 0 Å². The zero-order chi connectivity index (χ0) is 14.5. The molecule has 1 aromatic heterocycles. The topological polar surface area (TPSA) is 93.9 Å². The number of aliphatic hydroxyl groups is 2. The number of pyridine rings is 1. The minimum absolute atomic E-state index is 0.0607. The van der Waals surface area contributed by atoms with Crippen molar-refractivity contribution < 1.29 is 20.1 Å². The molecule has 1 aromatic carbocycles. The van der Waals surface area contributed by atoms with Crippen LogP contribution in [0.3, 0.4) is 0 Å². The van der Waals surface area contributed by atoms with E-state index in [1.165, 1.54) is 6.20 Å². The van der Waals surface area contributed by atoms with Crippen molar-refractivity contribution in [2.75, 3.05) is 31.2 Å². The zero-order valence-corrected chi connectivity index (χ0v) is 10.9. The summed E-state index contributed by atoms with van der Waals surface area (Å²) in [4.78, 5) is 17.2. The number of hydrogen-bond acceptors (Lipinski definition) is 5. The number of carboxylic acid groups (broad SMARTS) is 1. The first kappa shape index (κ1) is 14.2. The maximum Gasteiger partial charge on any atom is 0.339 e. The predicted molar refractivity (Wildman–Crippen MR) is 75.1 cm³/mol. The van der Waals surface area contributed by atoms with Crippen LogP contribution in [-0.4, -0.2) is 52.6 Å². The fraction of sp³-hybridized carbons (Fsp3) is 0.286. The van der Waals surface area contributed by atoms with Gasteiger partial charge in [-0.05, 0) is 6.07 Å². The van der Waals surface area contributed by atoms with Gasteiger partial charge in [0.1, 0.15) is 5.56 Å². The lowest BCUT2D eigenvalue weighted by molar-refractivity contribution is 0.0697. The monoisotopic (exact) mass is 276 g/mol. The molecule has 2 rings (SSSR count). The molecule has 0 unspecified atom stereocenters. The van der Waals surface area contributed by atoms with Crippen LogP contribution in [0, 0.1) is 0 Å². The summed E-state index contributed by atoms with van der Waals surface area (Å²) in [5.74, 6) is -1.08. The fourth-order valence-corrected chi connectivity index (χ4v) is 2.20. The Labute approximate surface area is 115 Å². The van der Waals surface area contributed by atoms with E-state index in [2.05, 4.69) is 4.98 Å². The van der Waals surface area contributed by atoms with Gasteiger partial charge in [-0.1, -0.05) is 18.2 Å². The molecule has 1 heterocycles. The van der Waals surface area contributed by atoms with E-state index in [0.717, 1.165) is 0 Å². The van der Waals surface area contributed by atoms with Crippen molar-refractivity contribution in [1.82, 2.24) is 4.98 Å². The highest BCUT2D eigenvalue weighted by atomic mass is 16.4. The standard InChI is InChI=1S/C14H16N2O4/c17-7-5-16(6-8-18)13-10-3-1-2-4-12(10)15-9-11(13)14(19)20/h1-4,9,17-18H,5-8H2,(H,19,20). The van der Waals surface area contributed by atoms with Gasteiger partial charge in [0.05, 0.1) is 24.4 Å². The van der Waals surface area contributed by atoms with E-state index < -0.39 is 5.97 Å². The molecule has 20 heavy (non-hydrogen) atoms. The first-order chi connectivity index (χ1) is 9.69. The third-order valence-electron chi connectivity index (χ3n) is 3.03. The van der Waals surface area contributed by atoms with Gasteiger partial charge in [0, 0.05) is 24.7 Å². The van der Waals surface area contributed by atoms with Gasteiger partial charge in [0.25, 0.3) is 0 Å². The highest BCUT2D eigenvalue weighted by molar-refractivity contribution is 6.04. The van der Waals surface area contributed by atoms with Gasteiger partial charge in [-0.2, -0.15) is 0 Å². The van der Waals surface area contributed by atoms with Crippen molar-refractivity contribution in [2.24, 2.45) is 0 Å². The number of rotatable bonds is 6. The average Bonchev–Trinajstić information content (AvgIpc) is 2.45. The molecular formula is C14H16N2O4. The second-order valence-corrected chi connectivity index (χ2v) is 4.28. The third-order valence-corrected chi connectivity index (χ3v) is 3.03. The Morgan fingerprint density at radius 2 is 1.80 bits per heavy atom. The Bertz CT molecular complexity index is 609. The molecule has 0 spiro atoms. The Kier molecular flexibility index (Phi) is 4.49. The normalized spacial score (nSPS) is 10.7. The van der Waals surface area contributed by atoms with Gasteiger partial charge in [0.2, 0.25) is 0 Å². The van der Waals surface area contributed by atoms with Crippen LogP contribution >= 0.6 is 0 Å². The highest BCUT2D eigenvalue weighted by Crippen LogP contribution is 2.29. The van der Waals surface area contributed by atoms with Crippen molar-refractivity contribution in [1.29, 1.82) is 0 Å². The molecule has 106 valence electrons. The molecule has 0 aliphatic heterocycles. The molecule has 0 aliphatic carbocycles. The van der Waals surface area contributed by atoms with Crippen molar-refractivity contribution >= 4 is 22.6 Å². The first-order valence-corrected chi connectivity index (χ1v) is 6.26. The molecule has 0 atom stereocenters. The molecule has 0 saturated heterocycles. The van der Waals surface area contributed by atoms with Crippen LogP contribution in [0.15, 0.2) is 30.5 Å². The summed E-state index contributed by atoms with van der Waals surface area (Å²) in [5, 5.41) is 28.3. The number of aromatic carboxylic acids is 1. The molecule has 2 aromatic rings. The Morgan fingerprint density at radius 1 is 1.15 bits per heavy atom. The summed E-state index contributed by atoms with van der Waals surface area (Å²) >= 11 is 0. The number of aromatic nitrogens is 1. The molecule has 0 bridgehead atoms. The van der Waals surface area contributed by atoms with Crippen LogP contribution in [-0.2, 0) is 0 Å². The smallest absolute Gasteiger partial charge is 0.339 e. The number of fused-ring (bicyclic) bond motifs is 1. The number of carboxylic acids is 1. The maximum absolute atomic E-state index is 11.4. The molecule has 0 amide bonds. The largest absolute Gasteiger partial charge is 0.478 e. The van der Waals surface area contributed by atoms with Crippen molar-refractivity contribution in [3.8, 4) is 0 Å². The number of nitrogens with zero attached hydrogens (tertiary/aromatic N) is 2. The fourth-order valence-electron chi connectivity index (χ4n) is 2.20. The van der Waals surface area contributed by atoms with E-state index in [9.17, 15) is 9.90 Å². The second-order valence-electron chi connectivity index (χ2n) is 4.28. The average molecular weight is 276 g/mol. The van der Waals surface area contributed by atoms with Crippen LogP contribution < -0.4 is 4.90 Å². The van der Waals surface area contributed by atoms with Gasteiger partial charge in [0.15, 0.2) is 0 Å². The lowest BCUT2D eigenvalue weighted by Gasteiger charge is -2.25. The minimum atomic E-state index is -1.08. The van der Waals surface area contributed by atoms with Crippen LogP contribution in [0.4, 0.5) is 5.69 Å². The lowest BCUT2D eigenvalue weighted by atomic mass is 10.1. The molecule has 0 aliphatic rings. The van der Waals surface area contributed by atoms with E-state index >= 15 is 0 Å². The summed E-state index contributed by atoms with van der Waals surface area (Å²) in [5.41, 5.74) is 1.21. The number of para-hydroxylation sites is 1. The summed E-state index contributed by atoms with van der Waals surface area (Å²) in [7, 11) is 0. The van der Waals surface area contributed by atoms with Crippen molar-refractivity contribution in [2.45, 2.75) is 0 Å². The number of anilines is 1. The molecule has 0 saturated carbocycles. The van der Waals surface area contributed by atoms with E-state index in [0.29, 0.717) is 16.6 Å². The summed E-state index contributed by atoms with van der Waals surface area (Å²) in [6, 6.07) is 7.20. The van der Waals surface area contributed by atoms with Crippen molar-refractivity contribution in [3.05, 3.63) is 36.0 Å². The SMILES string of the molecule is O=C(O)c1cnc2ccccc2c1N(CCO)CCO. The quantitative estimate of drug-likeness (QED) is 0.720. The minimum Gasteiger partial charge on any atom is -0.478 e. The molecule has 6 heteroatoms. The highest BCUT2D eigenvalue weighted by Gasteiger charge is 2.19. The van der Waals surface area contributed by atoms with Gasteiger partial charge in [-0.25, -0.2) is 4.79 Å². The second kappa shape index (κ2) is 6.31. The summed E-state index contributed by atoms with van der Waals surface area (Å²) in [6.45, 7) is 0.231. The van der Waals surface area contributed by atoms with Gasteiger partial charge < -0.3 is 20.2 Å². The molecular weight excluding hydrogens is 260 g/mol.